The van der Waals surface area contributed by atoms with Gasteiger partial charge in [0.2, 0.25) is 0 Å². The monoisotopic (exact) mass is 246 g/mol. The molecule has 1 rings (SSSR count). The van der Waals surface area contributed by atoms with Gasteiger partial charge in [-0.15, -0.1) is 0 Å². The Balaban J connectivity index is 2.53. The number of amides is 2. The average Bonchev–Trinajstić information content (AvgIpc) is 2.25. The third-order valence-corrected chi connectivity index (χ3v) is 2.08. The van der Waals surface area contributed by atoms with E-state index in [-0.39, 0.29) is 10.7 Å². The van der Waals surface area contributed by atoms with E-state index in [4.69, 9.17) is 16.3 Å². The summed E-state index contributed by atoms with van der Waals surface area (Å²) in [6, 6.07) is 3.89. The van der Waals surface area contributed by atoms with E-state index < -0.39 is 11.8 Å². The molecule has 2 N–H and O–H groups in total. The maximum Gasteiger partial charge on any atom is 0.319 e. The lowest BCUT2D eigenvalue weighted by atomic mass is 10.3. The van der Waals surface area contributed by atoms with Crippen LogP contribution in [0.4, 0.5) is 14.9 Å². The summed E-state index contributed by atoms with van der Waals surface area (Å²) in [5.74, 6) is -0.647. The molecule has 1 aromatic rings. The Kier molecular flexibility index (Phi) is 5.01. The number of rotatable bonds is 4. The zero-order chi connectivity index (χ0) is 12.0. The van der Waals surface area contributed by atoms with Crippen LogP contribution in [0.25, 0.3) is 0 Å². The highest BCUT2D eigenvalue weighted by molar-refractivity contribution is 6.31. The van der Waals surface area contributed by atoms with E-state index in [0.29, 0.717) is 13.2 Å². The number of nitrogens with one attached hydrogen (secondary N) is 2. The average molecular weight is 247 g/mol. The first kappa shape index (κ1) is 12.7. The molecule has 0 atom stereocenters. The largest absolute Gasteiger partial charge is 0.383 e. The van der Waals surface area contributed by atoms with E-state index in [9.17, 15) is 9.18 Å². The maximum absolute atomic E-state index is 13.4. The van der Waals surface area contributed by atoms with Gasteiger partial charge < -0.3 is 15.4 Å². The zero-order valence-electron chi connectivity index (χ0n) is 8.72. The first-order valence-corrected chi connectivity index (χ1v) is 5.00. The minimum absolute atomic E-state index is 0.0327. The minimum atomic E-state index is -0.647. The highest BCUT2D eigenvalue weighted by Crippen LogP contribution is 2.21. The molecule has 0 radical (unpaired) electrons. The second kappa shape index (κ2) is 6.30. The Bertz CT molecular complexity index is 374. The molecule has 0 aliphatic rings. The zero-order valence-corrected chi connectivity index (χ0v) is 9.47. The standard InChI is InChI=1S/C10H12ClFN2O2/c1-16-6-5-13-10(15)14-8-4-2-3-7(11)9(8)12/h2-4H,5-6H2,1H3,(H2,13,14,15). The summed E-state index contributed by atoms with van der Waals surface area (Å²) < 4.78 is 18.1. The van der Waals surface area contributed by atoms with Gasteiger partial charge in [0.25, 0.3) is 0 Å². The van der Waals surface area contributed by atoms with E-state index in [1.165, 1.54) is 19.2 Å². The summed E-state index contributed by atoms with van der Waals surface area (Å²) in [7, 11) is 1.52. The molecule has 0 saturated carbocycles. The normalized spacial score (nSPS) is 9.94. The van der Waals surface area contributed by atoms with E-state index in [1.807, 2.05) is 0 Å². The van der Waals surface area contributed by atoms with Crippen molar-refractivity contribution in [2.45, 2.75) is 0 Å². The summed E-state index contributed by atoms with van der Waals surface area (Å²) in [5.41, 5.74) is 0.0439. The fourth-order valence-electron chi connectivity index (χ4n) is 1.03. The smallest absolute Gasteiger partial charge is 0.319 e. The number of carbonyl (C=O) groups is 1. The highest BCUT2D eigenvalue weighted by atomic mass is 35.5. The van der Waals surface area contributed by atoms with Gasteiger partial charge in [0, 0.05) is 13.7 Å². The second-order valence-electron chi connectivity index (χ2n) is 2.98. The Hall–Kier alpha value is -1.33. The second-order valence-corrected chi connectivity index (χ2v) is 3.38. The molecule has 16 heavy (non-hydrogen) atoms. The molecular weight excluding hydrogens is 235 g/mol. The minimum Gasteiger partial charge on any atom is -0.383 e. The summed E-state index contributed by atoms with van der Waals surface area (Å²) in [5, 5.41) is 4.81. The quantitative estimate of drug-likeness (QED) is 0.801. The van der Waals surface area contributed by atoms with Crippen LogP contribution in [0.3, 0.4) is 0 Å². The number of urea groups is 1. The van der Waals surface area contributed by atoms with Crippen molar-refractivity contribution in [3.05, 3.63) is 29.0 Å². The fraction of sp³-hybridized carbons (Fsp3) is 0.300. The van der Waals surface area contributed by atoms with Gasteiger partial charge in [0.15, 0.2) is 5.82 Å². The van der Waals surface area contributed by atoms with Gasteiger partial charge in [0.1, 0.15) is 0 Å². The molecule has 0 saturated heterocycles. The number of ether oxygens (including phenoxy) is 1. The number of carbonyl (C=O) groups excluding carboxylic acids is 1. The highest BCUT2D eigenvalue weighted by Gasteiger charge is 2.08. The Labute approximate surface area is 97.7 Å². The Morgan fingerprint density at radius 1 is 1.56 bits per heavy atom. The molecule has 6 heteroatoms. The van der Waals surface area contributed by atoms with Crippen molar-refractivity contribution in [1.29, 1.82) is 0 Å². The molecule has 4 nitrogen and oxygen atoms in total. The Morgan fingerprint density at radius 3 is 3.00 bits per heavy atom. The lowest BCUT2D eigenvalue weighted by molar-refractivity contribution is 0.198. The number of hydrogen-bond acceptors (Lipinski definition) is 2. The van der Waals surface area contributed by atoms with E-state index in [0.717, 1.165) is 0 Å². The molecule has 88 valence electrons. The third kappa shape index (κ3) is 3.67. The molecule has 0 aliphatic heterocycles. The van der Waals surface area contributed by atoms with Crippen molar-refractivity contribution >= 4 is 23.3 Å². The van der Waals surface area contributed by atoms with Crippen molar-refractivity contribution < 1.29 is 13.9 Å². The van der Waals surface area contributed by atoms with Crippen LogP contribution in [0.5, 0.6) is 0 Å². The van der Waals surface area contributed by atoms with Gasteiger partial charge in [0.05, 0.1) is 17.3 Å². The van der Waals surface area contributed by atoms with Crippen LogP contribution in [0.15, 0.2) is 18.2 Å². The van der Waals surface area contributed by atoms with Crippen LogP contribution in [0.2, 0.25) is 5.02 Å². The number of hydrogen-bond donors (Lipinski definition) is 2. The topological polar surface area (TPSA) is 50.4 Å². The summed E-state index contributed by atoms with van der Waals surface area (Å²) in [6.45, 7) is 0.746. The van der Waals surface area contributed by atoms with Crippen LogP contribution in [0.1, 0.15) is 0 Å². The van der Waals surface area contributed by atoms with Gasteiger partial charge in [-0.05, 0) is 12.1 Å². The van der Waals surface area contributed by atoms with Gasteiger partial charge in [-0.2, -0.15) is 0 Å². The van der Waals surface area contributed by atoms with E-state index in [2.05, 4.69) is 10.6 Å². The Morgan fingerprint density at radius 2 is 2.31 bits per heavy atom. The van der Waals surface area contributed by atoms with Crippen LogP contribution in [-0.2, 0) is 4.74 Å². The first-order valence-electron chi connectivity index (χ1n) is 4.63. The van der Waals surface area contributed by atoms with Crippen molar-refractivity contribution in [3.63, 3.8) is 0 Å². The molecule has 0 unspecified atom stereocenters. The number of benzene rings is 1. The lowest BCUT2D eigenvalue weighted by Crippen LogP contribution is -2.31. The predicted octanol–water partition coefficient (Wildman–Crippen LogP) is 2.25. The van der Waals surface area contributed by atoms with Crippen molar-refractivity contribution in [1.82, 2.24) is 5.32 Å². The lowest BCUT2D eigenvalue weighted by Gasteiger charge is -2.08. The van der Waals surface area contributed by atoms with E-state index >= 15 is 0 Å². The number of halogens is 2. The predicted molar refractivity (Wildman–Crippen MR) is 60.3 cm³/mol. The number of anilines is 1. The molecular formula is C10H12ClFN2O2. The summed E-state index contributed by atoms with van der Waals surface area (Å²) in [4.78, 5) is 11.3. The molecule has 0 aliphatic carbocycles. The SMILES string of the molecule is COCCNC(=O)Nc1cccc(Cl)c1F. The summed E-state index contributed by atoms with van der Waals surface area (Å²) >= 11 is 5.56. The van der Waals surface area contributed by atoms with Crippen LogP contribution in [-0.4, -0.2) is 26.3 Å². The van der Waals surface area contributed by atoms with Crippen LogP contribution in [0, 0.1) is 5.82 Å². The van der Waals surface area contributed by atoms with E-state index in [1.54, 1.807) is 6.07 Å². The molecule has 2 amide bonds. The molecule has 0 bridgehead atoms. The van der Waals surface area contributed by atoms with Crippen molar-refractivity contribution in [2.24, 2.45) is 0 Å². The van der Waals surface area contributed by atoms with Crippen LogP contribution < -0.4 is 10.6 Å². The maximum atomic E-state index is 13.4. The molecule has 0 heterocycles. The van der Waals surface area contributed by atoms with Gasteiger partial charge in [-0.1, -0.05) is 17.7 Å². The summed E-state index contributed by atoms with van der Waals surface area (Å²) in [6.07, 6.45) is 0. The molecule has 0 spiro atoms. The molecule has 0 fully saturated rings. The number of methoxy groups -OCH3 is 1. The molecule has 1 aromatic carbocycles. The third-order valence-electron chi connectivity index (χ3n) is 1.79. The van der Waals surface area contributed by atoms with Crippen LogP contribution >= 0.6 is 11.6 Å². The molecule has 0 aromatic heterocycles. The van der Waals surface area contributed by atoms with Gasteiger partial charge >= 0.3 is 6.03 Å². The fourth-order valence-corrected chi connectivity index (χ4v) is 1.21. The van der Waals surface area contributed by atoms with Crippen molar-refractivity contribution in [3.8, 4) is 0 Å². The van der Waals surface area contributed by atoms with Gasteiger partial charge in [-0.25, -0.2) is 9.18 Å². The first-order chi connectivity index (χ1) is 7.65. The van der Waals surface area contributed by atoms with Crippen molar-refractivity contribution in [2.75, 3.05) is 25.6 Å². The van der Waals surface area contributed by atoms with Gasteiger partial charge in [-0.3, -0.25) is 0 Å².